The van der Waals surface area contributed by atoms with Gasteiger partial charge in [-0.05, 0) is 38.8 Å². The van der Waals surface area contributed by atoms with Crippen LogP contribution in [0.4, 0.5) is 0 Å². The Balaban J connectivity index is 2.67. The Morgan fingerprint density at radius 3 is 1.22 bits per heavy atom. The monoisotopic (exact) mass is 432 g/mol. The van der Waals surface area contributed by atoms with Gasteiger partial charge in [0.05, 0.1) is 11.1 Å². The van der Waals surface area contributed by atoms with Crippen LogP contribution in [0.15, 0.2) is 93.3 Å². The number of aliphatic imine (C=N–C) groups is 2. The lowest BCUT2D eigenvalue weighted by Gasteiger charge is -2.22. The van der Waals surface area contributed by atoms with Crippen molar-refractivity contribution >= 4 is 24.0 Å². The molecule has 2 aromatic rings. The molecular formula is C26H28N2O4. The molecule has 0 fully saturated rings. The summed E-state index contributed by atoms with van der Waals surface area (Å²) < 4.78 is 0. The van der Waals surface area contributed by atoms with Gasteiger partial charge in [-0.15, -0.1) is 0 Å². The topological polar surface area (TPSA) is 99.3 Å². The molecule has 0 spiro atoms. The van der Waals surface area contributed by atoms with E-state index in [1.807, 2.05) is 60.7 Å². The lowest BCUT2D eigenvalue weighted by molar-refractivity contribution is -0.114. The number of aliphatic hydroxyl groups is 2. The van der Waals surface area contributed by atoms with Crippen molar-refractivity contribution in [2.75, 3.05) is 0 Å². The number of ketones is 2. The van der Waals surface area contributed by atoms with E-state index in [1.54, 1.807) is 0 Å². The van der Waals surface area contributed by atoms with Crippen LogP contribution in [-0.2, 0) is 9.59 Å². The second-order valence-corrected chi connectivity index (χ2v) is 7.38. The van der Waals surface area contributed by atoms with Crippen LogP contribution in [0.1, 0.15) is 50.9 Å². The average molecular weight is 433 g/mol. The normalized spacial score (nSPS) is 15.2. The number of hydrogen-bond acceptors (Lipinski definition) is 6. The van der Waals surface area contributed by atoms with E-state index in [2.05, 4.69) is 9.98 Å². The van der Waals surface area contributed by atoms with Crippen LogP contribution in [0.5, 0.6) is 0 Å². The van der Waals surface area contributed by atoms with Gasteiger partial charge in [-0.25, -0.2) is 0 Å². The number of carbonyl (C=O) groups excluding carboxylic acids is 2. The molecule has 0 bridgehead atoms. The van der Waals surface area contributed by atoms with Gasteiger partial charge in [0.1, 0.15) is 23.6 Å². The first-order chi connectivity index (χ1) is 15.2. The fourth-order valence-electron chi connectivity index (χ4n) is 3.19. The van der Waals surface area contributed by atoms with E-state index in [1.165, 1.54) is 40.1 Å². The smallest absolute Gasteiger partial charge is 0.164 e. The van der Waals surface area contributed by atoms with Gasteiger partial charge in [0.25, 0.3) is 0 Å². The third-order valence-electron chi connectivity index (χ3n) is 4.85. The average Bonchev–Trinajstić information content (AvgIpc) is 2.75. The quantitative estimate of drug-likeness (QED) is 0.312. The molecule has 0 aliphatic rings. The molecule has 2 N–H and O–H groups in total. The summed E-state index contributed by atoms with van der Waals surface area (Å²) in [7, 11) is 0. The minimum absolute atomic E-state index is 0.109. The maximum absolute atomic E-state index is 11.9. The maximum atomic E-state index is 11.9. The molecule has 0 saturated heterocycles. The molecule has 0 aliphatic carbocycles. The summed E-state index contributed by atoms with van der Waals surface area (Å²) in [6, 6.07) is 17.7. The summed E-state index contributed by atoms with van der Waals surface area (Å²) in [5, 5.41) is 19.8. The number of hydrogen-bond donors (Lipinski definition) is 2. The Hall–Kier alpha value is -3.80. The molecule has 2 atom stereocenters. The first-order valence-electron chi connectivity index (χ1n) is 10.2. The van der Waals surface area contributed by atoms with Gasteiger partial charge in [-0.2, -0.15) is 0 Å². The Labute approximate surface area is 188 Å². The van der Waals surface area contributed by atoms with Crippen molar-refractivity contribution in [3.63, 3.8) is 0 Å². The number of carbonyl (C=O) groups is 2. The van der Waals surface area contributed by atoms with Gasteiger partial charge in [-0.3, -0.25) is 19.6 Å². The van der Waals surface area contributed by atoms with Crippen LogP contribution in [0.3, 0.4) is 0 Å². The Bertz CT molecular complexity index is 972. The maximum Gasteiger partial charge on any atom is 0.164 e. The number of benzene rings is 2. The van der Waals surface area contributed by atoms with Crippen molar-refractivity contribution in [3.05, 3.63) is 94.5 Å². The van der Waals surface area contributed by atoms with Crippen LogP contribution in [0.25, 0.3) is 0 Å². The third-order valence-corrected chi connectivity index (χ3v) is 4.85. The second kappa shape index (κ2) is 11.6. The van der Waals surface area contributed by atoms with E-state index in [9.17, 15) is 19.8 Å². The Kier molecular flexibility index (Phi) is 8.83. The van der Waals surface area contributed by atoms with Crippen LogP contribution >= 0.6 is 0 Å². The van der Waals surface area contributed by atoms with Crippen LogP contribution < -0.4 is 0 Å². The molecule has 6 heteroatoms. The van der Waals surface area contributed by atoms with E-state index >= 15 is 0 Å². The number of rotatable bonds is 9. The van der Waals surface area contributed by atoms with Crippen molar-refractivity contribution < 1.29 is 19.8 Å². The number of Topliss-reactive ketones (excluding diaryl/α,β-unsaturated/α-hetero) is 2. The molecule has 6 nitrogen and oxygen atoms in total. The first-order valence-corrected chi connectivity index (χ1v) is 10.2. The lowest BCUT2D eigenvalue weighted by Crippen LogP contribution is -2.11. The zero-order valence-corrected chi connectivity index (χ0v) is 18.7. The number of nitrogens with zero attached hydrogens (tertiary/aromatic N) is 2. The molecule has 0 aromatic heterocycles. The molecule has 32 heavy (non-hydrogen) atoms. The van der Waals surface area contributed by atoms with Crippen molar-refractivity contribution in [2.24, 2.45) is 9.98 Å². The van der Waals surface area contributed by atoms with Gasteiger partial charge in [0.2, 0.25) is 0 Å². The molecule has 0 unspecified atom stereocenters. The van der Waals surface area contributed by atoms with Gasteiger partial charge in [0, 0.05) is 12.4 Å². The molecule has 166 valence electrons. The summed E-state index contributed by atoms with van der Waals surface area (Å²) in [4.78, 5) is 33.1. The first kappa shape index (κ1) is 24.5. The zero-order valence-electron chi connectivity index (χ0n) is 18.7. The molecule has 0 heterocycles. The highest BCUT2D eigenvalue weighted by Gasteiger charge is 2.24. The Morgan fingerprint density at radius 1 is 0.656 bits per heavy atom. The SMILES string of the molecule is CC(=O)C(C=N[C@@H](c1ccccc1)[C@@H](N=CC(C(C)=O)=C(C)O)c1ccccc1)=C(C)O. The fraction of sp³-hybridized carbons (Fsp3) is 0.231. The predicted molar refractivity (Wildman–Crippen MR) is 127 cm³/mol. The van der Waals surface area contributed by atoms with E-state index in [-0.39, 0.29) is 34.2 Å². The van der Waals surface area contributed by atoms with Gasteiger partial charge < -0.3 is 10.2 Å². The fourth-order valence-corrected chi connectivity index (χ4v) is 3.19. The van der Waals surface area contributed by atoms with Crippen molar-refractivity contribution in [2.45, 2.75) is 39.8 Å². The highest BCUT2D eigenvalue weighted by atomic mass is 16.3. The number of allylic oxidation sites excluding steroid dienone is 4. The van der Waals surface area contributed by atoms with Crippen molar-refractivity contribution in [3.8, 4) is 0 Å². The van der Waals surface area contributed by atoms with Crippen LogP contribution in [0, 0.1) is 0 Å². The molecule has 0 saturated carbocycles. The van der Waals surface area contributed by atoms with Crippen molar-refractivity contribution in [1.29, 1.82) is 0 Å². The standard InChI is InChI=1S/C26H28N2O4/c1-17(29)23(18(2)30)15-27-25(21-11-7-5-8-12-21)26(22-13-9-6-10-14-22)28-16-24(19(3)31)20(4)32/h5-16,25-26,29,31H,1-4H3/t25-,26-/m0/s1. The summed E-state index contributed by atoms with van der Waals surface area (Å²) >= 11 is 0. The highest BCUT2D eigenvalue weighted by molar-refractivity contribution is 6.13. The Morgan fingerprint density at radius 2 is 0.969 bits per heavy atom. The molecule has 0 aliphatic heterocycles. The minimum atomic E-state index is -0.559. The lowest BCUT2D eigenvalue weighted by atomic mass is 9.94. The van der Waals surface area contributed by atoms with E-state index < -0.39 is 12.1 Å². The summed E-state index contributed by atoms with van der Waals surface area (Å²) in [6.45, 7) is 5.58. The van der Waals surface area contributed by atoms with Crippen LogP contribution in [-0.4, -0.2) is 34.2 Å². The van der Waals surface area contributed by atoms with Gasteiger partial charge in [-0.1, -0.05) is 60.7 Å². The molecule has 2 aromatic carbocycles. The molecular weight excluding hydrogens is 404 g/mol. The van der Waals surface area contributed by atoms with E-state index in [0.29, 0.717) is 0 Å². The second-order valence-electron chi connectivity index (χ2n) is 7.38. The van der Waals surface area contributed by atoms with Gasteiger partial charge in [0.15, 0.2) is 11.6 Å². The van der Waals surface area contributed by atoms with Gasteiger partial charge >= 0.3 is 0 Å². The third kappa shape index (κ3) is 6.60. The van der Waals surface area contributed by atoms with Crippen LogP contribution in [0.2, 0.25) is 0 Å². The highest BCUT2D eigenvalue weighted by Crippen LogP contribution is 2.35. The summed E-state index contributed by atoms with van der Waals surface area (Å²) in [6.07, 6.45) is 2.72. The summed E-state index contributed by atoms with van der Waals surface area (Å²) in [5.41, 5.74) is 1.89. The molecule has 2 rings (SSSR count). The van der Waals surface area contributed by atoms with Crippen molar-refractivity contribution in [1.82, 2.24) is 0 Å². The molecule has 0 amide bonds. The molecule has 0 radical (unpaired) electrons. The van der Waals surface area contributed by atoms with E-state index in [0.717, 1.165) is 11.1 Å². The zero-order chi connectivity index (χ0) is 23.7. The minimum Gasteiger partial charge on any atom is -0.512 e. The summed E-state index contributed by atoms with van der Waals surface area (Å²) in [5.74, 6) is -0.855. The predicted octanol–water partition coefficient (Wildman–Crippen LogP) is 5.45. The number of aliphatic hydroxyl groups excluding tert-OH is 2. The largest absolute Gasteiger partial charge is 0.512 e. The van der Waals surface area contributed by atoms with E-state index in [4.69, 9.17) is 0 Å².